The first-order valence-corrected chi connectivity index (χ1v) is 34.6. The van der Waals surface area contributed by atoms with Crippen molar-refractivity contribution in [3.05, 3.63) is 350 Å². The van der Waals surface area contributed by atoms with Gasteiger partial charge in [0.25, 0.3) is 13.4 Å². The predicted molar refractivity (Wildman–Crippen MR) is 414 cm³/mol. The molecule has 0 spiro atoms. The molecule has 21 rings (SSSR count). The van der Waals surface area contributed by atoms with Crippen molar-refractivity contribution < 1.29 is 26.3 Å². The molecule has 6 heterocycles. The molecule has 2 aromatic heterocycles. The molecule has 0 atom stereocenters. The number of benzene rings is 15. The summed E-state index contributed by atoms with van der Waals surface area (Å²) in [5.74, 6) is -6.42. The molecule has 15 aromatic carbocycles. The maximum Gasteiger partial charge on any atom is 0.252 e. The fourth-order valence-corrected chi connectivity index (χ4v) is 17.4. The number of hydrogen-bond donors (Lipinski definition) is 0. The van der Waals surface area contributed by atoms with E-state index in [-0.39, 0.29) is 0 Å². The van der Waals surface area contributed by atoms with Crippen LogP contribution in [0.4, 0.5) is 94.6 Å². The molecule has 14 heteroatoms. The van der Waals surface area contributed by atoms with Gasteiger partial charge in [-0.25, -0.2) is 26.3 Å². The standard InChI is InChI=1S/C90H52B2F6N6/c93-57-43-71(95)89(72(96)44-57)103-77-35-19-15-31-67(77)91-69-51-70-82(52-81(69)99(59-25-9-3-10-26-59)83-47-61(49-85(103)87(83)91)101-75-33-17-13-29-63(75)65-39-37-55(41-79(65)101)53-21-5-1-6-22-53)100(60-27-11-4-12-28-60)84-48-62(102-76-34-18-14-30-64(76)66-40-38-56(42-80(66)102)54-23-7-2-8-24-54)50-86-88(84)92(70)68-32-16-20-36-78(68)104(86)90-73(97)45-58(94)46-74(90)98/h1-52H. The largest absolute Gasteiger partial charge is 0.311 e. The lowest BCUT2D eigenvalue weighted by molar-refractivity contribution is 0.544. The van der Waals surface area contributed by atoms with Gasteiger partial charge in [-0.1, -0.05) is 200 Å². The second kappa shape index (κ2) is 22.7. The summed E-state index contributed by atoms with van der Waals surface area (Å²) < 4.78 is 105. The zero-order valence-electron chi connectivity index (χ0n) is 55.1. The Hall–Kier alpha value is -13.2. The molecule has 4 aliphatic rings. The van der Waals surface area contributed by atoms with E-state index in [9.17, 15) is 0 Å². The number of hydrogen-bond acceptors (Lipinski definition) is 4. The van der Waals surface area contributed by atoms with E-state index in [0.717, 1.165) is 157 Å². The molecule has 0 fully saturated rings. The Morgan fingerprint density at radius 1 is 0.212 bits per heavy atom. The van der Waals surface area contributed by atoms with Gasteiger partial charge in [0.2, 0.25) is 0 Å². The summed E-state index contributed by atoms with van der Waals surface area (Å²) in [4.78, 5) is 7.79. The molecule has 104 heavy (non-hydrogen) atoms. The second-order valence-corrected chi connectivity index (χ2v) is 27.1. The van der Waals surface area contributed by atoms with Gasteiger partial charge in [-0.15, -0.1) is 0 Å². The van der Waals surface area contributed by atoms with E-state index in [4.69, 9.17) is 0 Å². The zero-order valence-corrected chi connectivity index (χ0v) is 55.1. The molecule has 0 saturated heterocycles. The van der Waals surface area contributed by atoms with Crippen LogP contribution in [0.15, 0.2) is 315 Å². The summed E-state index contributed by atoms with van der Waals surface area (Å²) in [6.07, 6.45) is 0. The fraction of sp³-hybridized carbons (Fsp3) is 0. The van der Waals surface area contributed by atoms with E-state index in [1.807, 2.05) is 158 Å². The number of rotatable bonds is 8. The van der Waals surface area contributed by atoms with Crippen LogP contribution in [0.25, 0.3) is 77.2 Å². The summed E-state index contributed by atoms with van der Waals surface area (Å²) in [7, 11) is 0. The number of nitrogens with zero attached hydrogens (tertiary/aromatic N) is 6. The van der Waals surface area contributed by atoms with E-state index in [1.54, 1.807) is 9.80 Å². The van der Waals surface area contributed by atoms with Gasteiger partial charge in [0, 0.05) is 103 Å². The number of aromatic nitrogens is 2. The summed E-state index contributed by atoms with van der Waals surface area (Å²) >= 11 is 0. The minimum Gasteiger partial charge on any atom is -0.311 e. The van der Waals surface area contributed by atoms with Gasteiger partial charge in [0.15, 0.2) is 23.3 Å². The van der Waals surface area contributed by atoms with E-state index < -0.39 is 59.7 Å². The van der Waals surface area contributed by atoms with Crippen molar-refractivity contribution in [3.63, 3.8) is 0 Å². The minimum absolute atomic E-state index is 0.440. The number of para-hydroxylation sites is 6. The van der Waals surface area contributed by atoms with Gasteiger partial charge < -0.3 is 28.7 Å². The van der Waals surface area contributed by atoms with Crippen LogP contribution in [0.3, 0.4) is 0 Å². The van der Waals surface area contributed by atoms with Crippen LogP contribution in [0.5, 0.6) is 0 Å². The molecule has 0 amide bonds. The van der Waals surface area contributed by atoms with Crippen molar-refractivity contribution in [2.75, 3.05) is 19.6 Å². The lowest BCUT2D eigenvalue weighted by Gasteiger charge is -2.47. The Morgan fingerprint density at radius 3 is 0.952 bits per heavy atom. The highest BCUT2D eigenvalue weighted by Gasteiger charge is 2.50. The maximum absolute atomic E-state index is 17.4. The normalized spacial score (nSPS) is 13.2. The Labute approximate surface area is 593 Å². The molecule has 0 unspecified atom stereocenters. The average molecular weight is 1350 g/mol. The molecule has 0 aliphatic carbocycles. The van der Waals surface area contributed by atoms with Crippen LogP contribution < -0.4 is 52.4 Å². The molecular formula is C90H52B2F6N6. The highest BCUT2D eigenvalue weighted by molar-refractivity contribution is 7.03. The molecule has 490 valence electrons. The van der Waals surface area contributed by atoms with Gasteiger partial charge in [0.1, 0.15) is 23.0 Å². The van der Waals surface area contributed by atoms with Gasteiger partial charge in [-0.3, -0.25) is 0 Å². The number of halogens is 6. The van der Waals surface area contributed by atoms with Crippen LogP contribution in [0, 0.1) is 34.9 Å². The van der Waals surface area contributed by atoms with Crippen LogP contribution in [-0.4, -0.2) is 22.6 Å². The third-order valence-corrected chi connectivity index (χ3v) is 21.6. The quantitative estimate of drug-likeness (QED) is 0.112. The molecular weight excluding hydrogens is 1300 g/mol. The van der Waals surface area contributed by atoms with E-state index in [1.165, 1.54) is 0 Å². The summed E-state index contributed by atoms with van der Waals surface area (Å²) in [5, 5.41) is 4.01. The Morgan fingerprint density at radius 2 is 0.548 bits per heavy atom. The van der Waals surface area contributed by atoms with E-state index in [2.05, 4.69) is 152 Å². The summed E-state index contributed by atoms with van der Waals surface area (Å²) in [6.45, 7) is -1.28. The highest BCUT2D eigenvalue weighted by atomic mass is 19.2. The average Bonchev–Trinajstić information content (AvgIpc) is 0.814. The van der Waals surface area contributed by atoms with Gasteiger partial charge in [-0.05, 0) is 146 Å². The predicted octanol–water partition coefficient (Wildman–Crippen LogP) is 20.2. The molecule has 6 nitrogen and oxygen atoms in total. The number of fused-ring (bicyclic) bond motifs is 14. The Kier molecular flexibility index (Phi) is 13.0. The van der Waals surface area contributed by atoms with Crippen molar-refractivity contribution in [2.24, 2.45) is 0 Å². The summed E-state index contributed by atoms with van der Waals surface area (Å²) in [5.41, 5.74) is 19.4. The van der Waals surface area contributed by atoms with E-state index >= 15 is 26.3 Å². The first-order chi connectivity index (χ1) is 51.1. The molecule has 0 saturated carbocycles. The zero-order chi connectivity index (χ0) is 69.3. The van der Waals surface area contributed by atoms with Crippen molar-refractivity contribution in [1.82, 2.24) is 9.13 Å². The van der Waals surface area contributed by atoms with Crippen LogP contribution in [-0.2, 0) is 0 Å². The van der Waals surface area contributed by atoms with Crippen molar-refractivity contribution in [3.8, 4) is 33.6 Å². The van der Waals surface area contributed by atoms with Crippen LogP contribution in [0.1, 0.15) is 0 Å². The Balaban J connectivity index is 0.891. The molecule has 0 N–H and O–H groups in total. The topological polar surface area (TPSA) is 22.8 Å². The fourth-order valence-electron chi connectivity index (χ4n) is 17.4. The second-order valence-electron chi connectivity index (χ2n) is 27.1. The lowest BCUT2D eigenvalue weighted by atomic mass is 9.30. The monoisotopic (exact) mass is 1350 g/mol. The van der Waals surface area contributed by atoms with Gasteiger partial charge in [-0.2, -0.15) is 0 Å². The highest BCUT2D eigenvalue weighted by Crippen LogP contribution is 2.52. The van der Waals surface area contributed by atoms with Crippen molar-refractivity contribution >= 4 is 158 Å². The summed E-state index contributed by atoms with van der Waals surface area (Å²) in [6, 6.07) is 102. The van der Waals surface area contributed by atoms with E-state index in [0.29, 0.717) is 34.1 Å². The first kappa shape index (κ1) is 59.7. The Bertz CT molecular complexity index is 6070. The first-order valence-electron chi connectivity index (χ1n) is 34.6. The smallest absolute Gasteiger partial charge is 0.252 e. The molecule has 17 aromatic rings. The molecule has 0 radical (unpaired) electrons. The maximum atomic E-state index is 17.4. The minimum atomic E-state index is -1.08. The lowest BCUT2D eigenvalue weighted by Crippen LogP contribution is -2.65. The third kappa shape index (κ3) is 8.68. The van der Waals surface area contributed by atoms with Gasteiger partial charge in [0.05, 0.1) is 33.4 Å². The van der Waals surface area contributed by atoms with Crippen LogP contribution >= 0.6 is 0 Å². The van der Waals surface area contributed by atoms with Crippen molar-refractivity contribution in [1.29, 1.82) is 0 Å². The van der Waals surface area contributed by atoms with Crippen LogP contribution in [0.2, 0.25) is 0 Å². The molecule has 0 bridgehead atoms. The van der Waals surface area contributed by atoms with Gasteiger partial charge >= 0.3 is 0 Å². The number of anilines is 12. The third-order valence-electron chi connectivity index (χ3n) is 21.6. The van der Waals surface area contributed by atoms with Crippen molar-refractivity contribution in [2.45, 2.75) is 0 Å². The SMILES string of the molecule is Fc1cc(F)c(N2c3ccccc3B3c4cc5c(cc4N(c4ccccc4)c4cc(-n6c7ccccc7c7ccc(-c8ccccc8)cc76)cc2c43)N(c2ccccc2)c2cc(-n3c4ccccc4c4ccc(-c6ccccc6)cc43)cc3c2B5c2ccccc2N3c2c(F)cc(F)cc2F)c(F)c1. The molecule has 4 aliphatic heterocycles.